The third kappa shape index (κ3) is 2.66. The second-order valence-electron chi connectivity index (χ2n) is 4.83. The molecule has 1 aromatic heterocycles. The van der Waals surface area contributed by atoms with E-state index in [9.17, 15) is 0 Å². The zero-order chi connectivity index (χ0) is 15.4. The van der Waals surface area contributed by atoms with E-state index in [0.29, 0.717) is 0 Å². The molecule has 2 aromatic carbocycles. The van der Waals surface area contributed by atoms with Crippen LogP contribution in [0.3, 0.4) is 0 Å². The first-order chi connectivity index (χ1) is 10.8. The Morgan fingerprint density at radius 3 is 2.45 bits per heavy atom. The van der Waals surface area contributed by atoms with Crippen molar-refractivity contribution in [1.29, 1.82) is 0 Å². The largest absolute Gasteiger partial charge is 0.493 e. The highest BCUT2D eigenvalue weighted by Crippen LogP contribution is 2.32. The summed E-state index contributed by atoms with van der Waals surface area (Å²) in [6.07, 6.45) is 5.93. The van der Waals surface area contributed by atoms with Gasteiger partial charge in [-0.3, -0.25) is 4.98 Å². The number of hydrogen-bond acceptors (Lipinski definition) is 3. The minimum atomic E-state index is 0.726. The van der Waals surface area contributed by atoms with Crippen molar-refractivity contribution in [2.24, 2.45) is 0 Å². The molecular weight excluding hydrogens is 274 g/mol. The fourth-order valence-corrected chi connectivity index (χ4v) is 2.49. The van der Waals surface area contributed by atoms with E-state index in [4.69, 9.17) is 9.47 Å². The zero-order valence-electron chi connectivity index (χ0n) is 12.6. The second-order valence-corrected chi connectivity index (χ2v) is 4.83. The Balaban J connectivity index is 2.04. The molecule has 0 fully saturated rings. The van der Waals surface area contributed by atoms with E-state index < -0.39 is 0 Å². The molecule has 0 aliphatic heterocycles. The molecule has 0 spiro atoms. The lowest BCUT2D eigenvalue weighted by molar-refractivity contribution is 0.354. The van der Waals surface area contributed by atoms with Gasteiger partial charge in [0.15, 0.2) is 11.5 Å². The van der Waals surface area contributed by atoms with Crippen molar-refractivity contribution < 1.29 is 9.47 Å². The van der Waals surface area contributed by atoms with Gasteiger partial charge in [-0.05, 0) is 23.8 Å². The van der Waals surface area contributed by atoms with Gasteiger partial charge in [0.1, 0.15) is 0 Å². The summed E-state index contributed by atoms with van der Waals surface area (Å²) in [6, 6.07) is 15.9. The van der Waals surface area contributed by atoms with Gasteiger partial charge in [-0.2, -0.15) is 0 Å². The van der Waals surface area contributed by atoms with Gasteiger partial charge in [0.05, 0.1) is 19.7 Å². The predicted octanol–water partition coefficient (Wildman–Crippen LogP) is 4.42. The van der Waals surface area contributed by atoms with Gasteiger partial charge >= 0.3 is 0 Å². The van der Waals surface area contributed by atoms with Crippen molar-refractivity contribution in [3.8, 4) is 11.5 Å². The first kappa shape index (κ1) is 14.1. The fraction of sp³-hybridized carbons (Fsp3) is 0.105. The highest BCUT2D eigenvalue weighted by molar-refractivity contribution is 5.90. The molecule has 0 radical (unpaired) electrons. The number of ether oxygens (including phenoxy) is 2. The predicted molar refractivity (Wildman–Crippen MR) is 90.2 cm³/mol. The molecule has 3 heteroatoms. The summed E-state index contributed by atoms with van der Waals surface area (Å²) >= 11 is 0. The Labute approximate surface area is 129 Å². The monoisotopic (exact) mass is 291 g/mol. The Bertz CT molecular complexity index is 819. The number of hydrogen-bond donors (Lipinski definition) is 0. The standard InChI is InChI=1S/C19H17NO2/c1-21-18-9-5-6-15(19(18)22-2)11-10-14-12-13-20-17-8-4-3-7-16(14)17/h3-13H,1-2H3/b11-10+. The quantitative estimate of drug-likeness (QED) is 0.713. The van der Waals surface area contributed by atoms with E-state index in [1.165, 1.54) is 0 Å². The molecule has 0 amide bonds. The van der Waals surface area contributed by atoms with Gasteiger partial charge < -0.3 is 9.47 Å². The first-order valence-corrected chi connectivity index (χ1v) is 7.06. The summed E-state index contributed by atoms with van der Waals surface area (Å²) in [5, 5.41) is 1.13. The van der Waals surface area contributed by atoms with E-state index in [-0.39, 0.29) is 0 Å². The minimum Gasteiger partial charge on any atom is -0.493 e. The van der Waals surface area contributed by atoms with Gasteiger partial charge in [0.25, 0.3) is 0 Å². The summed E-state index contributed by atoms with van der Waals surface area (Å²) in [6.45, 7) is 0. The van der Waals surface area contributed by atoms with Gasteiger partial charge in [-0.1, -0.05) is 42.5 Å². The van der Waals surface area contributed by atoms with Crippen LogP contribution < -0.4 is 9.47 Å². The van der Waals surface area contributed by atoms with Crippen LogP contribution >= 0.6 is 0 Å². The van der Waals surface area contributed by atoms with Gasteiger partial charge in [-0.15, -0.1) is 0 Å². The van der Waals surface area contributed by atoms with Crippen molar-refractivity contribution in [3.63, 3.8) is 0 Å². The zero-order valence-corrected chi connectivity index (χ0v) is 12.6. The van der Waals surface area contributed by atoms with E-state index in [1.807, 2.05) is 54.7 Å². The molecule has 110 valence electrons. The topological polar surface area (TPSA) is 31.4 Å². The van der Waals surface area contributed by atoms with E-state index in [0.717, 1.165) is 33.5 Å². The third-order valence-electron chi connectivity index (χ3n) is 3.56. The second kappa shape index (κ2) is 6.31. The maximum atomic E-state index is 5.45. The molecule has 0 N–H and O–H groups in total. The molecule has 3 rings (SSSR count). The third-order valence-corrected chi connectivity index (χ3v) is 3.56. The Morgan fingerprint density at radius 1 is 0.818 bits per heavy atom. The SMILES string of the molecule is COc1cccc(/C=C/c2ccnc3ccccc23)c1OC. The summed E-state index contributed by atoms with van der Waals surface area (Å²) in [5.41, 5.74) is 3.08. The van der Waals surface area contributed by atoms with Crippen LogP contribution in [0.5, 0.6) is 11.5 Å². The Morgan fingerprint density at radius 2 is 1.64 bits per heavy atom. The van der Waals surface area contributed by atoms with Crippen LogP contribution in [0.1, 0.15) is 11.1 Å². The molecule has 0 aliphatic rings. The van der Waals surface area contributed by atoms with Crippen molar-refractivity contribution in [3.05, 3.63) is 65.9 Å². The fourth-order valence-electron chi connectivity index (χ4n) is 2.49. The molecule has 0 saturated carbocycles. The van der Waals surface area contributed by atoms with Gasteiger partial charge in [0, 0.05) is 17.1 Å². The van der Waals surface area contributed by atoms with E-state index in [1.54, 1.807) is 14.2 Å². The molecule has 0 saturated heterocycles. The molecule has 0 unspecified atom stereocenters. The normalized spacial score (nSPS) is 11.0. The molecule has 0 atom stereocenters. The summed E-state index contributed by atoms with van der Waals surface area (Å²) in [4.78, 5) is 4.38. The van der Waals surface area contributed by atoms with Crippen molar-refractivity contribution >= 4 is 23.1 Å². The molecule has 0 aliphatic carbocycles. The van der Waals surface area contributed by atoms with Crippen molar-refractivity contribution in [2.45, 2.75) is 0 Å². The molecule has 3 nitrogen and oxygen atoms in total. The summed E-state index contributed by atoms with van der Waals surface area (Å²) < 4.78 is 10.8. The van der Waals surface area contributed by atoms with E-state index >= 15 is 0 Å². The molecular formula is C19H17NO2. The van der Waals surface area contributed by atoms with Crippen molar-refractivity contribution in [2.75, 3.05) is 14.2 Å². The number of benzene rings is 2. The molecule has 3 aromatic rings. The van der Waals surface area contributed by atoms with Crippen LogP contribution in [0, 0.1) is 0 Å². The number of nitrogens with zero attached hydrogens (tertiary/aromatic N) is 1. The number of fused-ring (bicyclic) bond motifs is 1. The lowest BCUT2D eigenvalue weighted by Crippen LogP contribution is -1.92. The first-order valence-electron chi connectivity index (χ1n) is 7.06. The number of para-hydroxylation sites is 2. The molecule has 22 heavy (non-hydrogen) atoms. The maximum absolute atomic E-state index is 5.45. The Hall–Kier alpha value is -2.81. The number of rotatable bonds is 4. The number of methoxy groups -OCH3 is 2. The van der Waals surface area contributed by atoms with Crippen LogP contribution in [-0.2, 0) is 0 Å². The molecule has 1 heterocycles. The highest BCUT2D eigenvalue weighted by atomic mass is 16.5. The minimum absolute atomic E-state index is 0.726. The smallest absolute Gasteiger partial charge is 0.167 e. The van der Waals surface area contributed by atoms with Crippen LogP contribution in [0.25, 0.3) is 23.1 Å². The van der Waals surface area contributed by atoms with Crippen LogP contribution in [0.4, 0.5) is 0 Å². The van der Waals surface area contributed by atoms with Crippen LogP contribution in [0.15, 0.2) is 54.7 Å². The van der Waals surface area contributed by atoms with Crippen LogP contribution in [0.2, 0.25) is 0 Å². The Kier molecular flexibility index (Phi) is 4.05. The highest BCUT2D eigenvalue weighted by Gasteiger charge is 2.06. The average molecular weight is 291 g/mol. The number of aromatic nitrogens is 1. The lowest BCUT2D eigenvalue weighted by Gasteiger charge is -2.10. The number of pyridine rings is 1. The summed E-state index contributed by atoms with van der Waals surface area (Å²) in [5.74, 6) is 1.46. The van der Waals surface area contributed by atoms with Crippen molar-refractivity contribution in [1.82, 2.24) is 4.98 Å². The average Bonchev–Trinajstić information content (AvgIpc) is 2.59. The summed E-state index contributed by atoms with van der Waals surface area (Å²) in [7, 11) is 3.29. The molecule has 0 bridgehead atoms. The van der Waals surface area contributed by atoms with Gasteiger partial charge in [0.2, 0.25) is 0 Å². The van der Waals surface area contributed by atoms with E-state index in [2.05, 4.69) is 17.1 Å². The lowest BCUT2D eigenvalue weighted by atomic mass is 10.1. The maximum Gasteiger partial charge on any atom is 0.167 e. The van der Waals surface area contributed by atoms with Crippen LogP contribution in [-0.4, -0.2) is 19.2 Å². The van der Waals surface area contributed by atoms with Gasteiger partial charge in [-0.25, -0.2) is 0 Å².